The summed E-state index contributed by atoms with van der Waals surface area (Å²) >= 11 is 5.57. The molecule has 1 aromatic heterocycles. The number of hydrogen-bond acceptors (Lipinski definition) is 4. The first kappa shape index (κ1) is 12.4. The molecule has 1 heterocycles. The summed E-state index contributed by atoms with van der Waals surface area (Å²) in [6.07, 6.45) is 1.27. The van der Waals surface area contributed by atoms with Crippen LogP contribution in [0, 0.1) is 0 Å². The first-order valence-corrected chi connectivity index (χ1v) is 4.68. The lowest BCUT2D eigenvalue weighted by molar-refractivity contribution is -0.140. The summed E-state index contributed by atoms with van der Waals surface area (Å²) in [6.45, 7) is -0.686. The van der Waals surface area contributed by atoms with Crippen LogP contribution in [0.3, 0.4) is 0 Å². The van der Waals surface area contributed by atoms with Gasteiger partial charge in [-0.15, -0.1) is 0 Å². The zero-order valence-electron chi connectivity index (χ0n) is 8.05. The second-order valence-electron chi connectivity index (χ2n) is 2.91. The van der Waals surface area contributed by atoms with Gasteiger partial charge in [0, 0.05) is 6.20 Å². The standard InChI is InChI=1S/C9H9ClN2O4/c10-5-1-2-6(11-3-5)8(14)12-7(4-13)9(15)16/h1-3,7,13H,4H2,(H,12,14)(H,15,16)/t7-/m1/s1. The van der Waals surface area contributed by atoms with Crippen LogP contribution >= 0.6 is 11.6 Å². The van der Waals surface area contributed by atoms with Crippen molar-refractivity contribution in [3.63, 3.8) is 0 Å². The van der Waals surface area contributed by atoms with E-state index < -0.39 is 24.5 Å². The number of hydrogen-bond donors (Lipinski definition) is 3. The van der Waals surface area contributed by atoms with E-state index >= 15 is 0 Å². The molecule has 0 aromatic carbocycles. The number of carbonyl (C=O) groups excluding carboxylic acids is 1. The van der Waals surface area contributed by atoms with E-state index in [0.29, 0.717) is 5.02 Å². The number of halogens is 1. The zero-order valence-corrected chi connectivity index (χ0v) is 8.81. The van der Waals surface area contributed by atoms with Crippen molar-refractivity contribution in [2.45, 2.75) is 6.04 Å². The number of pyridine rings is 1. The second-order valence-corrected chi connectivity index (χ2v) is 3.34. The van der Waals surface area contributed by atoms with Gasteiger partial charge < -0.3 is 15.5 Å². The van der Waals surface area contributed by atoms with Gasteiger partial charge in [0.25, 0.3) is 5.91 Å². The van der Waals surface area contributed by atoms with Crippen LogP contribution in [0.2, 0.25) is 5.02 Å². The van der Waals surface area contributed by atoms with Gasteiger partial charge in [-0.2, -0.15) is 0 Å². The number of carboxylic acid groups (broad SMARTS) is 1. The van der Waals surface area contributed by atoms with Gasteiger partial charge in [0.1, 0.15) is 5.69 Å². The molecule has 86 valence electrons. The molecule has 0 aliphatic heterocycles. The van der Waals surface area contributed by atoms with Crippen LogP contribution in [0.5, 0.6) is 0 Å². The van der Waals surface area contributed by atoms with Crippen molar-refractivity contribution in [1.29, 1.82) is 0 Å². The number of rotatable bonds is 4. The largest absolute Gasteiger partial charge is 0.480 e. The van der Waals surface area contributed by atoms with Crippen LogP contribution in [-0.2, 0) is 4.79 Å². The molecule has 0 unspecified atom stereocenters. The Balaban J connectivity index is 2.71. The smallest absolute Gasteiger partial charge is 0.328 e. The zero-order chi connectivity index (χ0) is 12.1. The Morgan fingerprint density at radius 3 is 2.62 bits per heavy atom. The van der Waals surface area contributed by atoms with Gasteiger partial charge in [-0.25, -0.2) is 9.78 Å². The lowest BCUT2D eigenvalue weighted by Crippen LogP contribution is -2.43. The van der Waals surface area contributed by atoms with Gasteiger partial charge in [-0.1, -0.05) is 11.6 Å². The lowest BCUT2D eigenvalue weighted by Gasteiger charge is -2.10. The third-order valence-corrected chi connectivity index (χ3v) is 1.97. The summed E-state index contributed by atoms with van der Waals surface area (Å²) in [6, 6.07) is 1.47. The van der Waals surface area contributed by atoms with Crippen molar-refractivity contribution in [2.75, 3.05) is 6.61 Å². The van der Waals surface area contributed by atoms with E-state index in [0.717, 1.165) is 0 Å². The molecular weight excluding hydrogens is 236 g/mol. The Bertz CT molecular complexity index is 393. The summed E-state index contributed by atoms with van der Waals surface area (Å²) in [7, 11) is 0. The van der Waals surface area contributed by atoms with Crippen molar-refractivity contribution in [2.24, 2.45) is 0 Å². The molecule has 0 saturated carbocycles. The summed E-state index contributed by atoms with van der Waals surface area (Å²) in [5.41, 5.74) is 0.0316. The Morgan fingerprint density at radius 2 is 2.19 bits per heavy atom. The minimum absolute atomic E-state index is 0.0316. The summed E-state index contributed by atoms with van der Waals surface area (Å²) in [4.78, 5) is 25.7. The normalized spacial score (nSPS) is 11.9. The van der Waals surface area contributed by atoms with Crippen LogP contribution in [0.1, 0.15) is 10.5 Å². The van der Waals surface area contributed by atoms with E-state index in [4.69, 9.17) is 21.8 Å². The Labute approximate surface area is 95.9 Å². The molecule has 1 amide bonds. The van der Waals surface area contributed by atoms with Gasteiger partial charge in [0.15, 0.2) is 6.04 Å². The Hall–Kier alpha value is -1.66. The number of carbonyl (C=O) groups is 2. The maximum Gasteiger partial charge on any atom is 0.328 e. The minimum atomic E-state index is -1.34. The SMILES string of the molecule is O=C(N[C@H](CO)C(=O)O)c1ccc(Cl)cn1. The Kier molecular flexibility index (Phi) is 4.21. The lowest BCUT2D eigenvalue weighted by atomic mass is 10.3. The summed E-state index contributed by atoms with van der Waals surface area (Å²) < 4.78 is 0. The molecule has 1 aromatic rings. The van der Waals surface area contributed by atoms with E-state index in [-0.39, 0.29) is 5.69 Å². The molecule has 0 aliphatic rings. The maximum absolute atomic E-state index is 11.4. The molecule has 0 radical (unpaired) electrons. The van der Waals surface area contributed by atoms with Crippen LogP contribution in [0.15, 0.2) is 18.3 Å². The van der Waals surface area contributed by atoms with Crippen molar-refractivity contribution < 1.29 is 19.8 Å². The van der Waals surface area contributed by atoms with E-state index in [1.807, 2.05) is 0 Å². The molecule has 0 aliphatic carbocycles. The predicted molar refractivity (Wildman–Crippen MR) is 55.2 cm³/mol. The Morgan fingerprint density at radius 1 is 1.50 bits per heavy atom. The van der Waals surface area contributed by atoms with Gasteiger partial charge in [0.05, 0.1) is 11.6 Å². The maximum atomic E-state index is 11.4. The molecule has 6 nitrogen and oxygen atoms in total. The monoisotopic (exact) mass is 244 g/mol. The number of aromatic nitrogens is 1. The average Bonchev–Trinajstić information content (AvgIpc) is 2.26. The van der Waals surface area contributed by atoms with Crippen LogP contribution < -0.4 is 5.32 Å². The highest BCUT2D eigenvalue weighted by Crippen LogP contribution is 2.06. The van der Waals surface area contributed by atoms with Crippen molar-refractivity contribution in [1.82, 2.24) is 10.3 Å². The molecule has 1 rings (SSSR count). The summed E-state index contributed by atoms with van der Waals surface area (Å²) in [5.74, 6) is -2.00. The van der Waals surface area contributed by atoms with Crippen LogP contribution in [-0.4, -0.2) is 39.7 Å². The number of nitrogens with zero attached hydrogens (tertiary/aromatic N) is 1. The highest BCUT2D eigenvalue weighted by molar-refractivity contribution is 6.30. The minimum Gasteiger partial charge on any atom is -0.480 e. The number of aliphatic hydroxyl groups excluding tert-OH is 1. The first-order chi connectivity index (χ1) is 7.54. The molecular formula is C9H9ClN2O4. The highest BCUT2D eigenvalue weighted by atomic mass is 35.5. The molecule has 0 spiro atoms. The van der Waals surface area contributed by atoms with Gasteiger partial charge in [-0.3, -0.25) is 4.79 Å². The molecule has 7 heteroatoms. The average molecular weight is 245 g/mol. The fraction of sp³-hybridized carbons (Fsp3) is 0.222. The molecule has 0 bridgehead atoms. The molecule has 0 saturated heterocycles. The second kappa shape index (κ2) is 5.43. The van der Waals surface area contributed by atoms with Gasteiger partial charge >= 0.3 is 5.97 Å². The number of carboxylic acids is 1. The van der Waals surface area contributed by atoms with Crippen LogP contribution in [0.4, 0.5) is 0 Å². The van der Waals surface area contributed by atoms with E-state index in [2.05, 4.69) is 10.3 Å². The van der Waals surface area contributed by atoms with E-state index in [9.17, 15) is 9.59 Å². The number of nitrogens with one attached hydrogen (secondary N) is 1. The number of amides is 1. The fourth-order valence-corrected chi connectivity index (χ4v) is 1.04. The highest BCUT2D eigenvalue weighted by Gasteiger charge is 2.19. The molecule has 0 fully saturated rings. The van der Waals surface area contributed by atoms with E-state index in [1.165, 1.54) is 18.3 Å². The number of aliphatic carboxylic acids is 1. The van der Waals surface area contributed by atoms with Crippen LogP contribution in [0.25, 0.3) is 0 Å². The topological polar surface area (TPSA) is 99.5 Å². The third kappa shape index (κ3) is 3.18. The first-order valence-electron chi connectivity index (χ1n) is 4.30. The molecule has 16 heavy (non-hydrogen) atoms. The predicted octanol–water partition coefficient (Wildman–Crippen LogP) is -0.0897. The van der Waals surface area contributed by atoms with Crippen molar-refractivity contribution in [3.05, 3.63) is 29.0 Å². The third-order valence-electron chi connectivity index (χ3n) is 1.75. The van der Waals surface area contributed by atoms with E-state index in [1.54, 1.807) is 0 Å². The van der Waals surface area contributed by atoms with Crippen molar-refractivity contribution in [3.8, 4) is 0 Å². The van der Waals surface area contributed by atoms with Gasteiger partial charge in [0.2, 0.25) is 0 Å². The summed E-state index contributed by atoms with van der Waals surface area (Å²) in [5, 5.41) is 19.8. The van der Waals surface area contributed by atoms with Gasteiger partial charge in [-0.05, 0) is 12.1 Å². The quantitative estimate of drug-likeness (QED) is 0.687. The molecule has 3 N–H and O–H groups in total. The molecule has 1 atom stereocenters. The van der Waals surface area contributed by atoms with Crippen molar-refractivity contribution >= 4 is 23.5 Å². The fourth-order valence-electron chi connectivity index (χ4n) is 0.928. The number of aliphatic hydroxyl groups is 1.